The lowest BCUT2D eigenvalue weighted by Gasteiger charge is -2.29. The molecule has 0 bridgehead atoms. The maximum atomic E-state index is 5.36. The van der Waals surface area contributed by atoms with Crippen molar-refractivity contribution in [3.63, 3.8) is 0 Å². The number of nitrogens with one attached hydrogen (secondary N) is 2. The second-order valence-electron chi connectivity index (χ2n) is 5.11. The summed E-state index contributed by atoms with van der Waals surface area (Å²) in [6.07, 6.45) is 0. The first-order chi connectivity index (χ1) is 8.66. The molecule has 0 radical (unpaired) electrons. The van der Waals surface area contributed by atoms with Gasteiger partial charge in [-0.2, -0.15) is 5.10 Å². The molecular formula is C13H24N4O. The van der Waals surface area contributed by atoms with Crippen LogP contribution in [0.25, 0.3) is 0 Å². The van der Waals surface area contributed by atoms with Gasteiger partial charge < -0.3 is 10.1 Å². The van der Waals surface area contributed by atoms with Crippen LogP contribution < -0.4 is 5.32 Å². The number of H-pyrrole nitrogens is 1. The first-order valence-corrected chi connectivity index (χ1v) is 6.70. The van der Waals surface area contributed by atoms with Gasteiger partial charge in [-0.25, -0.2) is 0 Å². The monoisotopic (exact) mass is 252 g/mol. The summed E-state index contributed by atoms with van der Waals surface area (Å²) in [5.41, 5.74) is 3.56. The van der Waals surface area contributed by atoms with Crippen LogP contribution in [0, 0.1) is 13.8 Å². The van der Waals surface area contributed by atoms with Crippen molar-refractivity contribution >= 4 is 0 Å². The Balaban J connectivity index is 1.75. The van der Waals surface area contributed by atoms with Crippen molar-refractivity contribution in [2.45, 2.75) is 33.4 Å². The van der Waals surface area contributed by atoms with Crippen LogP contribution in [-0.4, -0.2) is 54.0 Å². The molecule has 2 N–H and O–H groups in total. The van der Waals surface area contributed by atoms with Gasteiger partial charge in [-0.15, -0.1) is 0 Å². The van der Waals surface area contributed by atoms with Crippen LogP contribution in [0.3, 0.4) is 0 Å². The second-order valence-corrected chi connectivity index (χ2v) is 5.11. The standard InChI is InChI=1S/C13H24N4O/c1-10(9-17-4-6-18-7-5-17)14-8-13-11(2)15-16-12(13)3/h10,14H,4-9H2,1-3H3,(H,15,16). The molecule has 2 heterocycles. The second kappa shape index (κ2) is 6.31. The van der Waals surface area contributed by atoms with E-state index < -0.39 is 0 Å². The molecule has 0 aliphatic carbocycles. The maximum absolute atomic E-state index is 5.36. The maximum Gasteiger partial charge on any atom is 0.0638 e. The zero-order chi connectivity index (χ0) is 13.0. The van der Waals surface area contributed by atoms with Gasteiger partial charge in [0.15, 0.2) is 0 Å². The molecule has 1 fully saturated rings. The lowest BCUT2D eigenvalue weighted by Crippen LogP contribution is -2.44. The molecule has 5 heteroatoms. The summed E-state index contributed by atoms with van der Waals surface area (Å²) in [6.45, 7) is 12.2. The Bertz CT molecular complexity index is 352. The van der Waals surface area contributed by atoms with E-state index in [0.717, 1.165) is 45.1 Å². The quantitative estimate of drug-likeness (QED) is 0.815. The molecule has 1 aliphatic rings. The molecule has 0 spiro atoms. The minimum atomic E-state index is 0.483. The Kier molecular flexibility index (Phi) is 4.74. The number of nitrogens with zero attached hydrogens (tertiary/aromatic N) is 2. The third-order valence-corrected chi connectivity index (χ3v) is 3.54. The number of hydrogen-bond acceptors (Lipinski definition) is 4. The fourth-order valence-electron chi connectivity index (χ4n) is 2.35. The van der Waals surface area contributed by atoms with E-state index in [4.69, 9.17) is 4.74 Å². The fraction of sp³-hybridized carbons (Fsp3) is 0.769. The number of rotatable bonds is 5. The molecule has 5 nitrogen and oxygen atoms in total. The fourth-order valence-corrected chi connectivity index (χ4v) is 2.35. The molecule has 1 aromatic rings. The molecule has 0 amide bonds. The van der Waals surface area contributed by atoms with Gasteiger partial charge in [-0.1, -0.05) is 0 Å². The zero-order valence-corrected chi connectivity index (χ0v) is 11.6. The van der Waals surface area contributed by atoms with Gasteiger partial charge in [0.2, 0.25) is 0 Å². The Morgan fingerprint density at radius 2 is 2.11 bits per heavy atom. The van der Waals surface area contributed by atoms with Crippen LogP contribution in [-0.2, 0) is 11.3 Å². The molecule has 1 saturated heterocycles. The minimum absolute atomic E-state index is 0.483. The highest BCUT2D eigenvalue weighted by Crippen LogP contribution is 2.09. The summed E-state index contributed by atoms with van der Waals surface area (Å²) < 4.78 is 5.36. The minimum Gasteiger partial charge on any atom is -0.379 e. The summed E-state index contributed by atoms with van der Waals surface area (Å²) in [6, 6.07) is 0.483. The Morgan fingerprint density at radius 3 is 2.72 bits per heavy atom. The lowest BCUT2D eigenvalue weighted by atomic mass is 10.2. The van der Waals surface area contributed by atoms with Crippen LogP contribution in [0.2, 0.25) is 0 Å². The third kappa shape index (κ3) is 3.54. The summed E-state index contributed by atoms with van der Waals surface area (Å²) in [4.78, 5) is 2.45. The van der Waals surface area contributed by atoms with E-state index in [-0.39, 0.29) is 0 Å². The highest BCUT2D eigenvalue weighted by molar-refractivity contribution is 5.22. The summed E-state index contributed by atoms with van der Waals surface area (Å²) in [5.74, 6) is 0. The van der Waals surface area contributed by atoms with E-state index in [1.807, 2.05) is 6.92 Å². The SMILES string of the molecule is Cc1n[nH]c(C)c1CNC(C)CN1CCOCC1. The normalized spacial score (nSPS) is 19.1. The van der Waals surface area contributed by atoms with Crippen LogP contribution in [0.1, 0.15) is 23.9 Å². The van der Waals surface area contributed by atoms with E-state index in [0.29, 0.717) is 6.04 Å². The van der Waals surface area contributed by atoms with Gasteiger partial charge in [0.1, 0.15) is 0 Å². The Hall–Kier alpha value is -0.910. The molecule has 1 unspecified atom stereocenters. The topological polar surface area (TPSA) is 53.2 Å². The van der Waals surface area contributed by atoms with Crippen molar-refractivity contribution in [3.05, 3.63) is 17.0 Å². The average Bonchev–Trinajstić information content (AvgIpc) is 2.68. The van der Waals surface area contributed by atoms with Crippen molar-refractivity contribution in [3.8, 4) is 0 Å². The number of ether oxygens (including phenoxy) is 1. The van der Waals surface area contributed by atoms with E-state index in [1.165, 1.54) is 11.3 Å². The number of aryl methyl sites for hydroxylation is 2. The first kappa shape index (κ1) is 13.5. The van der Waals surface area contributed by atoms with Crippen LogP contribution in [0.5, 0.6) is 0 Å². The van der Waals surface area contributed by atoms with Gasteiger partial charge >= 0.3 is 0 Å². The summed E-state index contributed by atoms with van der Waals surface area (Å²) >= 11 is 0. The first-order valence-electron chi connectivity index (χ1n) is 6.70. The predicted molar refractivity (Wildman–Crippen MR) is 71.6 cm³/mol. The van der Waals surface area contributed by atoms with Crippen LogP contribution in [0.15, 0.2) is 0 Å². The van der Waals surface area contributed by atoms with Crippen molar-refractivity contribution < 1.29 is 4.74 Å². The highest BCUT2D eigenvalue weighted by atomic mass is 16.5. The smallest absolute Gasteiger partial charge is 0.0638 e. The Morgan fingerprint density at radius 1 is 1.39 bits per heavy atom. The molecule has 1 atom stereocenters. The largest absolute Gasteiger partial charge is 0.379 e. The molecule has 1 aromatic heterocycles. The van der Waals surface area contributed by atoms with E-state index in [9.17, 15) is 0 Å². The van der Waals surface area contributed by atoms with Crippen molar-refractivity contribution in [1.82, 2.24) is 20.4 Å². The van der Waals surface area contributed by atoms with Gasteiger partial charge in [-0.3, -0.25) is 10.00 Å². The summed E-state index contributed by atoms with van der Waals surface area (Å²) in [7, 11) is 0. The van der Waals surface area contributed by atoms with E-state index in [1.54, 1.807) is 0 Å². The third-order valence-electron chi connectivity index (χ3n) is 3.54. The molecule has 18 heavy (non-hydrogen) atoms. The molecular weight excluding hydrogens is 228 g/mol. The van der Waals surface area contributed by atoms with Crippen LogP contribution in [0.4, 0.5) is 0 Å². The van der Waals surface area contributed by atoms with Crippen molar-refractivity contribution in [2.24, 2.45) is 0 Å². The number of hydrogen-bond donors (Lipinski definition) is 2. The zero-order valence-electron chi connectivity index (χ0n) is 11.6. The number of aromatic nitrogens is 2. The number of morpholine rings is 1. The predicted octanol–water partition coefficient (Wildman–Crippen LogP) is 0.837. The van der Waals surface area contributed by atoms with E-state index in [2.05, 4.69) is 34.3 Å². The van der Waals surface area contributed by atoms with E-state index >= 15 is 0 Å². The van der Waals surface area contributed by atoms with Crippen LogP contribution >= 0.6 is 0 Å². The van der Waals surface area contributed by atoms with Gasteiger partial charge in [0.05, 0.1) is 18.9 Å². The molecule has 102 valence electrons. The highest BCUT2D eigenvalue weighted by Gasteiger charge is 2.14. The molecule has 1 aliphatic heterocycles. The number of aromatic amines is 1. The average molecular weight is 252 g/mol. The van der Waals surface area contributed by atoms with Gasteiger partial charge in [0, 0.05) is 43.5 Å². The lowest BCUT2D eigenvalue weighted by molar-refractivity contribution is 0.0343. The van der Waals surface area contributed by atoms with Crippen molar-refractivity contribution in [1.29, 1.82) is 0 Å². The molecule has 2 rings (SSSR count). The van der Waals surface area contributed by atoms with Gasteiger partial charge in [0.25, 0.3) is 0 Å². The van der Waals surface area contributed by atoms with Crippen molar-refractivity contribution in [2.75, 3.05) is 32.8 Å². The molecule has 0 aromatic carbocycles. The molecule has 0 saturated carbocycles. The summed E-state index contributed by atoms with van der Waals surface area (Å²) in [5, 5.41) is 10.8. The Labute approximate surface area is 109 Å². The van der Waals surface area contributed by atoms with Gasteiger partial charge in [-0.05, 0) is 20.8 Å².